The lowest BCUT2D eigenvalue weighted by atomic mass is 9.99. The van der Waals surface area contributed by atoms with Gasteiger partial charge in [0, 0.05) is 48.5 Å². The minimum Gasteiger partial charge on any atom is -0.463 e. The average Bonchev–Trinajstić information content (AvgIpc) is 2.66. The summed E-state index contributed by atoms with van der Waals surface area (Å²) in [7, 11) is 0. The summed E-state index contributed by atoms with van der Waals surface area (Å²) in [6, 6.07) is -1.46. The first-order valence-corrected chi connectivity index (χ1v) is 10.0. The molecule has 14 nitrogen and oxygen atoms in total. The first kappa shape index (κ1) is 30.3. The molecule has 34 heavy (non-hydrogen) atoms. The van der Waals surface area contributed by atoms with Gasteiger partial charge in [-0.1, -0.05) is 0 Å². The summed E-state index contributed by atoms with van der Waals surface area (Å²) < 4.78 is 25.6. The second kappa shape index (κ2) is 14.4. The van der Waals surface area contributed by atoms with Crippen molar-refractivity contribution in [3.63, 3.8) is 0 Å². The second-order valence-corrected chi connectivity index (χ2v) is 7.03. The van der Waals surface area contributed by atoms with Crippen LogP contribution in [-0.4, -0.2) is 84.2 Å². The van der Waals surface area contributed by atoms with Crippen molar-refractivity contribution in [2.45, 2.75) is 72.8 Å². The molecule has 0 radical (unpaired) electrons. The maximum Gasteiger partial charge on any atom is 0.303 e. The van der Waals surface area contributed by atoms with Gasteiger partial charge in [-0.3, -0.25) is 39.0 Å². The predicted molar refractivity (Wildman–Crippen MR) is 110 cm³/mol. The largest absolute Gasteiger partial charge is 0.463 e. The number of ether oxygens (including phenoxy) is 5. The fourth-order valence-electron chi connectivity index (χ4n) is 2.79. The molecule has 0 heterocycles. The zero-order valence-electron chi connectivity index (χ0n) is 20.1. The zero-order valence-corrected chi connectivity index (χ0v) is 20.1. The number of hydrogen-bond donors (Lipinski definition) is 1. The van der Waals surface area contributed by atoms with E-state index in [0.29, 0.717) is 5.01 Å². The molecule has 0 aromatic rings. The van der Waals surface area contributed by atoms with Gasteiger partial charge in [-0.05, 0) is 0 Å². The number of hydrazine groups is 1. The van der Waals surface area contributed by atoms with Crippen molar-refractivity contribution in [3.05, 3.63) is 0 Å². The molecule has 0 saturated heterocycles. The minimum atomic E-state index is -1.67. The lowest BCUT2D eigenvalue weighted by Crippen LogP contribution is -2.63. The van der Waals surface area contributed by atoms with Crippen LogP contribution in [-0.2, 0) is 57.2 Å². The van der Waals surface area contributed by atoms with Gasteiger partial charge in [0.05, 0.1) is 0 Å². The van der Waals surface area contributed by atoms with Crippen molar-refractivity contribution in [2.75, 3.05) is 13.2 Å². The van der Waals surface area contributed by atoms with Crippen LogP contribution in [0.4, 0.5) is 0 Å². The van der Waals surface area contributed by atoms with Crippen LogP contribution in [0.5, 0.6) is 0 Å². The van der Waals surface area contributed by atoms with E-state index in [1.165, 1.54) is 0 Å². The highest BCUT2D eigenvalue weighted by Crippen LogP contribution is 2.21. The molecule has 4 atom stereocenters. The summed E-state index contributed by atoms with van der Waals surface area (Å²) in [5.41, 5.74) is 2.22. The van der Waals surface area contributed by atoms with Crippen LogP contribution in [0.3, 0.4) is 0 Å². The molecule has 2 amide bonds. The van der Waals surface area contributed by atoms with E-state index in [4.69, 9.17) is 23.7 Å². The Morgan fingerprint density at radius 2 is 1.06 bits per heavy atom. The summed E-state index contributed by atoms with van der Waals surface area (Å²) in [6.07, 6.45) is -4.85. The van der Waals surface area contributed by atoms with Gasteiger partial charge in [0.25, 0.3) is 0 Å². The Morgan fingerprint density at radius 3 is 1.44 bits per heavy atom. The Morgan fingerprint density at radius 1 is 0.618 bits per heavy atom. The molecule has 0 aromatic heterocycles. The molecular weight excluding hydrogens is 460 g/mol. The van der Waals surface area contributed by atoms with E-state index < -0.39 is 79.2 Å². The smallest absolute Gasteiger partial charge is 0.303 e. The monoisotopic (exact) mass is 490 g/mol. The second-order valence-electron chi connectivity index (χ2n) is 7.03. The SMILES string of the molecule is CC(=O)NN(C(C)=O)[C@H](COC(C)=O)[C@@H](OC(C)=O)[C@H](OC(C)=O)[C@@H](COC(C)=O)OC(C)=O. The zero-order chi connectivity index (χ0) is 26.6. The molecule has 0 aromatic carbocycles. The summed E-state index contributed by atoms with van der Waals surface area (Å²) >= 11 is 0. The molecule has 1 N–H and O–H groups in total. The van der Waals surface area contributed by atoms with Crippen LogP contribution in [0.1, 0.15) is 48.5 Å². The van der Waals surface area contributed by atoms with Crippen LogP contribution in [0, 0.1) is 0 Å². The summed E-state index contributed by atoms with van der Waals surface area (Å²) in [5, 5.41) is 0.714. The highest BCUT2D eigenvalue weighted by atomic mass is 16.6. The Balaban J connectivity index is 6.74. The first-order valence-electron chi connectivity index (χ1n) is 10.0. The van der Waals surface area contributed by atoms with Gasteiger partial charge >= 0.3 is 29.8 Å². The normalized spacial score (nSPS) is 13.7. The Bertz CT molecular complexity index is 796. The van der Waals surface area contributed by atoms with Crippen molar-refractivity contribution in [1.82, 2.24) is 10.4 Å². The van der Waals surface area contributed by atoms with Gasteiger partial charge in [-0.2, -0.15) is 0 Å². The molecule has 192 valence electrons. The minimum absolute atomic E-state index is 0.620. The molecule has 0 aliphatic carbocycles. The van der Waals surface area contributed by atoms with E-state index in [-0.39, 0.29) is 0 Å². The molecule has 0 aliphatic heterocycles. The lowest BCUT2D eigenvalue weighted by molar-refractivity contribution is -0.199. The highest BCUT2D eigenvalue weighted by Gasteiger charge is 2.46. The maximum absolute atomic E-state index is 12.3. The van der Waals surface area contributed by atoms with Crippen molar-refractivity contribution < 1.29 is 57.2 Å². The molecule has 0 saturated carbocycles. The van der Waals surface area contributed by atoms with E-state index in [1.807, 2.05) is 0 Å². The van der Waals surface area contributed by atoms with Crippen LogP contribution in [0.25, 0.3) is 0 Å². The van der Waals surface area contributed by atoms with Crippen LogP contribution < -0.4 is 5.43 Å². The number of nitrogens with one attached hydrogen (secondary N) is 1. The number of esters is 5. The molecular formula is C20H30N2O12. The average molecular weight is 490 g/mol. The van der Waals surface area contributed by atoms with Crippen LogP contribution in [0.2, 0.25) is 0 Å². The van der Waals surface area contributed by atoms with E-state index >= 15 is 0 Å². The van der Waals surface area contributed by atoms with Gasteiger partial charge < -0.3 is 23.7 Å². The Labute approximate surface area is 196 Å². The van der Waals surface area contributed by atoms with E-state index in [0.717, 1.165) is 48.5 Å². The lowest BCUT2D eigenvalue weighted by Gasteiger charge is -2.39. The molecule has 0 bridgehead atoms. The molecule has 0 aliphatic rings. The summed E-state index contributed by atoms with van der Waals surface area (Å²) in [5.74, 6) is -5.71. The third-order valence-electron chi connectivity index (χ3n) is 3.85. The Kier molecular flexibility index (Phi) is 12.9. The van der Waals surface area contributed by atoms with Gasteiger partial charge in [-0.15, -0.1) is 0 Å². The van der Waals surface area contributed by atoms with E-state index in [1.54, 1.807) is 0 Å². The molecule has 0 spiro atoms. The van der Waals surface area contributed by atoms with Crippen molar-refractivity contribution in [3.8, 4) is 0 Å². The molecule has 0 rings (SSSR count). The number of carbonyl (C=O) groups is 7. The predicted octanol–water partition coefficient (Wildman–Crippen LogP) is -0.824. The quantitative estimate of drug-likeness (QED) is 0.216. The first-order chi connectivity index (χ1) is 15.6. The van der Waals surface area contributed by atoms with Gasteiger partial charge in [0.15, 0.2) is 18.3 Å². The van der Waals surface area contributed by atoms with Crippen molar-refractivity contribution in [2.24, 2.45) is 0 Å². The van der Waals surface area contributed by atoms with Crippen LogP contribution in [0.15, 0.2) is 0 Å². The third kappa shape index (κ3) is 11.8. The van der Waals surface area contributed by atoms with Gasteiger partial charge in [0.1, 0.15) is 19.3 Å². The maximum atomic E-state index is 12.3. The van der Waals surface area contributed by atoms with E-state index in [9.17, 15) is 33.6 Å². The standard InChI is InChI=1S/C20H30N2O12/c1-10(23)21-22(11(2)24)17(8-30-12(3)25)19(33-15(6)28)20(34-16(7)29)18(32-14(5)27)9-31-13(4)26/h17-20H,8-9H2,1-7H3,(H,21,23)/t17-,18-,19-,20-/m1/s1. The third-order valence-corrected chi connectivity index (χ3v) is 3.85. The number of rotatable bonds is 11. The number of nitrogens with zero attached hydrogens (tertiary/aromatic N) is 1. The van der Waals surface area contributed by atoms with Crippen molar-refractivity contribution in [1.29, 1.82) is 0 Å². The summed E-state index contributed by atoms with van der Waals surface area (Å²) in [4.78, 5) is 82.4. The summed E-state index contributed by atoms with van der Waals surface area (Å²) in [6.45, 7) is 6.08. The Hall–Kier alpha value is -3.71. The topological polar surface area (TPSA) is 181 Å². The van der Waals surface area contributed by atoms with E-state index in [2.05, 4.69) is 5.43 Å². The molecule has 0 unspecified atom stereocenters. The number of carbonyl (C=O) groups excluding carboxylic acids is 7. The molecule has 0 fully saturated rings. The fourth-order valence-corrected chi connectivity index (χ4v) is 2.79. The van der Waals surface area contributed by atoms with Crippen LogP contribution >= 0.6 is 0 Å². The van der Waals surface area contributed by atoms with Crippen molar-refractivity contribution >= 4 is 41.7 Å². The molecule has 14 heteroatoms. The highest BCUT2D eigenvalue weighted by molar-refractivity contribution is 5.80. The fraction of sp³-hybridized carbons (Fsp3) is 0.650. The number of amides is 2. The number of hydrogen-bond acceptors (Lipinski definition) is 12. The van der Waals surface area contributed by atoms with Gasteiger partial charge in [0.2, 0.25) is 11.8 Å². The van der Waals surface area contributed by atoms with Gasteiger partial charge in [-0.25, -0.2) is 5.01 Å².